The van der Waals surface area contributed by atoms with Crippen LogP contribution in [0.25, 0.3) is 0 Å². The number of sulfonamides is 1. The Labute approximate surface area is 141 Å². The van der Waals surface area contributed by atoms with Crippen LogP contribution in [-0.2, 0) is 16.6 Å². The third-order valence-electron chi connectivity index (χ3n) is 3.81. The Morgan fingerprint density at radius 2 is 1.91 bits per heavy atom. The molecule has 0 spiro atoms. The molecule has 5 nitrogen and oxygen atoms in total. The summed E-state index contributed by atoms with van der Waals surface area (Å²) in [5.74, 6) is 1.07. The van der Waals surface area contributed by atoms with Gasteiger partial charge in [-0.25, -0.2) is 8.42 Å². The van der Waals surface area contributed by atoms with Gasteiger partial charge in [-0.15, -0.1) is 0 Å². The monoisotopic (exact) mass is 390 g/mol. The molecule has 0 bridgehead atoms. The molecule has 0 aromatic heterocycles. The van der Waals surface area contributed by atoms with Crippen molar-refractivity contribution in [2.24, 2.45) is 0 Å². The maximum Gasteiger partial charge on any atom is 0.214 e. The lowest BCUT2D eigenvalue weighted by atomic mass is 10.2. The Balaban J connectivity index is 1.91. The van der Waals surface area contributed by atoms with Crippen molar-refractivity contribution in [1.82, 2.24) is 9.21 Å². The molecule has 1 saturated heterocycles. The fraction of sp³-hybridized carbons (Fsp3) is 0.600. The number of piperazine rings is 1. The zero-order chi connectivity index (χ0) is 16.2. The van der Waals surface area contributed by atoms with Crippen LogP contribution in [0.4, 0.5) is 0 Å². The molecular formula is C15H23BrN2O3S. The first-order chi connectivity index (χ1) is 10.5. The molecule has 0 saturated carbocycles. The van der Waals surface area contributed by atoms with Crippen LogP contribution in [0, 0.1) is 0 Å². The average Bonchev–Trinajstić information content (AvgIpc) is 2.48. The fourth-order valence-corrected chi connectivity index (χ4v) is 4.70. The third-order valence-corrected chi connectivity index (χ3v) is 6.50. The number of ether oxygens (including phenoxy) is 1. The van der Waals surface area contributed by atoms with Crippen molar-refractivity contribution >= 4 is 26.0 Å². The highest BCUT2D eigenvalue weighted by atomic mass is 79.9. The van der Waals surface area contributed by atoms with E-state index in [4.69, 9.17) is 4.74 Å². The zero-order valence-corrected chi connectivity index (χ0v) is 15.5. The average molecular weight is 391 g/mol. The third kappa shape index (κ3) is 4.44. The molecule has 0 atom stereocenters. The van der Waals surface area contributed by atoms with Gasteiger partial charge in [0.15, 0.2) is 0 Å². The molecular weight excluding hydrogens is 368 g/mol. The lowest BCUT2D eigenvalue weighted by molar-refractivity contribution is 0.181. The summed E-state index contributed by atoms with van der Waals surface area (Å²) in [5.41, 5.74) is 1.19. The molecule has 1 aliphatic heterocycles. The minimum Gasteiger partial charge on any atom is -0.496 e. The second-order valence-corrected chi connectivity index (χ2v) is 8.40. The minimum atomic E-state index is -3.06. The van der Waals surface area contributed by atoms with Crippen LogP contribution in [-0.4, -0.2) is 56.7 Å². The second-order valence-electron chi connectivity index (χ2n) is 5.46. The molecule has 2 rings (SSSR count). The predicted molar refractivity (Wildman–Crippen MR) is 91.6 cm³/mol. The number of methoxy groups -OCH3 is 1. The van der Waals surface area contributed by atoms with Crippen molar-refractivity contribution in [3.05, 3.63) is 28.2 Å². The first-order valence-corrected chi connectivity index (χ1v) is 9.89. The summed E-state index contributed by atoms with van der Waals surface area (Å²) >= 11 is 3.49. The first-order valence-electron chi connectivity index (χ1n) is 7.49. The molecule has 7 heteroatoms. The Hall–Kier alpha value is -0.630. The van der Waals surface area contributed by atoms with E-state index in [2.05, 4.69) is 26.9 Å². The van der Waals surface area contributed by atoms with E-state index in [1.807, 2.05) is 19.1 Å². The molecule has 0 N–H and O–H groups in total. The lowest BCUT2D eigenvalue weighted by Gasteiger charge is -2.34. The summed E-state index contributed by atoms with van der Waals surface area (Å²) in [4.78, 5) is 2.28. The largest absolute Gasteiger partial charge is 0.496 e. The van der Waals surface area contributed by atoms with E-state index in [0.717, 1.165) is 29.9 Å². The van der Waals surface area contributed by atoms with E-state index in [-0.39, 0.29) is 5.75 Å². The van der Waals surface area contributed by atoms with E-state index in [0.29, 0.717) is 19.5 Å². The van der Waals surface area contributed by atoms with E-state index in [1.165, 1.54) is 5.56 Å². The molecule has 1 fully saturated rings. The van der Waals surface area contributed by atoms with Gasteiger partial charge in [0.1, 0.15) is 5.75 Å². The van der Waals surface area contributed by atoms with Crippen LogP contribution in [0.15, 0.2) is 22.7 Å². The van der Waals surface area contributed by atoms with Crippen LogP contribution in [0.2, 0.25) is 0 Å². The molecule has 1 aromatic carbocycles. The lowest BCUT2D eigenvalue weighted by Crippen LogP contribution is -2.48. The van der Waals surface area contributed by atoms with Crippen LogP contribution in [0.3, 0.4) is 0 Å². The van der Waals surface area contributed by atoms with E-state index >= 15 is 0 Å². The van der Waals surface area contributed by atoms with E-state index in [9.17, 15) is 8.42 Å². The molecule has 0 radical (unpaired) electrons. The van der Waals surface area contributed by atoms with Gasteiger partial charge in [0.2, 0.25) is 10.0 Å². The van der Waals surface area contributed by atoms with Gasteiger partial charge < -0.3 is 4.74 Å². The van der Waals surface area contributed by atoms with Gasteiger partial charge in [-0.05, 0) is 40.0 Å². The quantitative estimate of drug-likeness (QED) is 0.747. The molecule has 1 heterocycles. The van der Waals surface area contributed by atoms with Crippen molar-refractivity contribution in [2.45, 2.75) is 19.9 Å². The van der Waals surface area contributed by atoms with Crippen LogP contribution >= 0.6 is 15.9 Å². The van der Waals surface area contributed by atoms with Crippen molar-refractivity contribution in [2.75, 3.05) is 39.0 Å². The van der Waals surface area contributed by atoms with Gasteiger partial charge in [0.05, 0.1) is 17.3 Å². The Morgan fingerprint density at radius 3 is 2.45 bits per heavy atom. The van der Waals surface area contributed by atoms with Crippen LogP contribution < -0.4 is 4.74 Å². The fourth-order valence-electron chi connectivity index (χ4n) is 2.62. The number of rotatable bonds is 6. The van der Waals surface area contributed by atoms with Crippen molar-refractivity contribution < 1.29 is 13.2 Å². The summed E-state index contributed by atoms with van der Waals surface area (Å²) in [6, 6.07) is 6.05. The molecule has 0 amide bonds. The van der Waals surface area contributed by atoms with Gasteiger partial charge in [-0.3, -0.25) is 4.90 Å². The normalized spacial score (nSPS) is 17.6. The SMILES string of the molecule is CCCS(=O)(=O)N1CCN(Cc2ccc(OC)c(Br)c2)CC1. The molecule has 0 aliphatic carbocycles. The number of nitrogens with zero attached hydrogens (tertiary/aromatic N) is 2. The van der Waals surface area contributed by atoms with Crippen molar-refractivity contribution in [1.29, 1.82) is 0 Å². The summed E-state index contributed by atoms with van der Waals surface area (Å²) in [7, 11) is -1.41. The molecule has 0 unspecified atom stereocenters. The van der Waals surface area contributed by atoms with Crippen LogP contribution in [0.1, 0.15) is 18.9 Å². The summed E-state index contributed by atoms with van der Waals surface area (Å²) < 4.78 is 31.9. The number of hydrogen-bond acceptors (Lipinski definition) is 4. The topological polar surface area (TPSA) is 49.9 Å². The Morgan fingerprint density at radius 1 is 1.23 bits per heavy atom. The predicted octanol–water partition coefficient (Wildman–Crippen LogP) is 2.32. The molecule has 124 valence electrons. The van der Waals surface area contributed by atoms with Gasteiger partial charge in [-0.2, -0.15) is 4.31 Å². The molecule has 22 heavy (non-hydrogen) atoms. The highest BCUT2D eigenvalue weighted by Gasteiger charge is 2.26. The number of benzene rings is 1. The first kappa shape index (κ1) is 17.7. The Bertz CT molecular complexity index is 599. The summed E-state index contributed by atoms with van der Waals surface area (Å²) in [5, 5.41) is 0. The van der Waals surface area contributed by atoms with Gasteiger partial charge in [0.25, 0.3) is 0 Å². The second kappa shape index (κ2) is 7.77. The Kier molecular flexibility index (Phi) is 6.26. The standard InChI is InChI=1S/C15H23BrN2O3S/c1-3-10-22(19,20)18-8-6-17(7-9-18)12-13-4-5-15(21-2)14(16)11-13/h4-5,11H,3,6-10,12H2,1-2H3. The maximum absolute atomic E-state index is 12.1. The molecule has 1 aromatic rings. The zero-order valence-electron chi connectivity index (χ0n) is 13.1. The number of halogens is 1. The smallest absolute Gasteiger partial charge is 0.214 e. The van der Waals surface area contributed by atoms with Gasteiger partial charge in [-0.1, -0.05) is 13.0 Å². The van der Waals surface area contributed by atoms with Gasteiger partial charge >= 0.3 is 0 Å². The van der Waals surface area contributed by atoms with E-state index < -0.39 is 10.0 Å². The highest BCUT2D eigenvalue weighted by molar-refractivity contribution is 9.10. The minimum absolute atomic E-state index is 0.248. The summed E-state index contributed by atoms with van der Waals surface area (Å²) in [6.45, 7) is 5.43. The van der Waals surface area contributed by atoms with Gasteiger partial charge in [0, 0.05) is 32.7 Å². The maximum atomic E-state index is 12.1. The molecule has 1 aliphatic rings. The van der Waals surface area contributed by atoms with Crippen LogP contribution in [0.5, 0.6) is 5.75 Å². The van der Waals surface area contributed by atoms with Crippen molar-refractivity contribution in [3.63, 3.8) is 0 Å². The summed E-state index contributed by atoms with van der Waals surface area (Å²) in [6.07, 6.45) is 0.669. The van der Waals surface area contributed by atoms with Crippen molar-refractivity contribution in [3.8, 4) is 5.75 Å². The number of hydrogen-bond donors (Lipinski definition) is 0. The highest BCUT2D eigenvalue weighted by Crippen LogP contribution is 2.26. The van der Waals surface area contributed by atoms with E-state index in [1.54, 1.807) is 11.4 Å².